The average molecular weight is 321 g/mol. The second kappa shape index (κ2) is 6.30. The van der Waals surface area contributed by atoms with Gasteiger partial charge in [-0.05, 0) is 24.3 Å². The molecule has 0 amide bonds. The number of nitrogens with two attached hydrogens (primary N) is 1. The Hall–Kier alpha value is -3.53. The van der Waals surface area contributed by atoms with E-state index in [0.29, 0.717) is 22.8 Å². The molecule has 0 bridgehead atoms. The minimum absolute atomic E-state index is 0.0000368. The molecule has 3 rings (SSSR count). The lowest BCUT2D eigenvalue weighted by molar-refractivity contribution is 0.398. The molecule has 3 aromatic rings. The van der Waals surface area contributed by atoms with Crippen LogP contribution in [0.2, 0.25) is 0 Å². The lowest BCUT2D eigenvalue weighted by Crippen LogP contribution is -2.00. The zero-order chi connectivity index (χ0) is 17.1. The van der Waals surface area contributed by atoms with Gasteiger partial charge in [0.1, 0.15) is 11.9 Å². The quantitative estimate of drug-likeness (QED) is 0.796. The second-order valence-electron chi connectivity index (χ2n) is 4.86. The molecule has 0 radical (unpaired) electrons. The summed E-state index contributed by atoms with van der Waals surface area (Å²) in [7, 11) is 1.51. The summed E-state index contributed by atoms with van der Waals surface area (Å²) in [5.74, 6) is -0.222. The Labute approximate surface area is 137 Å². The van der Waals surface area contributed by atoms with Gasteiger partial charge in [-0.25, -0.2) is 19.3 Å². The highest BCUT2D eigenvalue weighted by Crippen LogP contribution is 2.28. The molecule has 6 nitrogen and oxygen atoms in total. The van der Waals surface area contributed by atoms with Crippen molar-refractivity contribution in [3.63, 3.8) is 0 Å². The van der Waals surface area contributed by atoms with Crippen molar-refractivity contribution in [2.75, 3.05) is 12.8 Å². The monoisotopic (exact) mass is 321 g/mol. The van der Waals surface area contributed by atoms with Crippen molar-refractivity contribution in [3.8, 4) is 34.5 Å². The van der Waals surface area contributed by atoms with E-state index in [1.807, 2.05) is 0 Å². The van der Waals surface area contributed by atoms with E-state index in [1.54, 1.807) is 36.5 Å². The van der Waals surface area contributed by atoms with Crippen molar-refractivity contribution in [2.24, 2.45) is 0 Å². The van der Waals surface area contributed by atoms with Crippen LogP contribution >= 0.6 is 0 Å². The minimum atomic E-state index is -0.642. The molecule has 24 heavy (non-hydrogen) atoms. The Morgan fingerprint density at radius 3 is 2.71 bits per heavy atom. The molecule has 7 heteroatoms. The number of aromatic nitrogens is 3. The number of halogens is 1. The molecule has 0 saturated heterocycles. The van der Waals surface area contributed by atoms with Crippen LogP contribution in [0.15, 0.2) is 42.6 Å². The highest BCUT2D eigenvalue weighted by molar-refractivity contribution is 5.70. The van der Waals surface area contributed by atoms with Crippen LogP contribution in [-0.4, -0.2) is 22.1 Å². The van der Waals surface area contributed by atoms with E-state index in [0.717, 1.165) is 0 Å². The van der Waals surface area contributed by atoms with Crippen LogP contribution < -0.4 is 10.5 Å². The maximum absolute atomic E-state index is 14.4. The van der Waals surface area contributed by atoms with Crippen LogP contribution in [0, 0.1) is 17.1 Å². The lowest BCUT2D eigenvalue weighted by atomic mass is 10.1. The fraction of sp³-hybridized carbons (Fsp3) is 0.0588. The van der Waals surface area contributed by atoms with Gasteiger partial charge >= 0.3 is 0 Å². The maximum Gasteiger partial charge on any atom is 0.221 e. The van der Waals surface area contributed by atoms with E-state index in [4.69, 9.17) is 15.7 Å². The molecule has 0 fully saturated rings. The number of hydrogen-bond acceptors (Lipinski definition) is 6. The Morgan fingerprint density at radius 2 is 1.96 bits per heavy atom. The highest BCUT2D eigenvalue weighted by Gasteiger charge is 2.14. The first-order valence-corrected chi connectivity index (χ1v) is 6.96. The van der Waals surface area contributed by atoms with E-state index >= 15 is 0 Å². The van der Waals surface area contributed by atoms with Crippen molar-refractivity contribution < 1.29 is 9.13 Å². The van der Waals surface area contributed by atoms with E-state index < -0.39 is 5.82 Å². The van der Waals surface area contributed by atoms with Gasteiger partial charge in [0.15, 0.2) is 0 Å². The average Bonchev–Trinajstić information content (AvgIpc) is 2.61. The number of pyridine rings is 1. The normalized spacial score (nSPS) is 10.2. The number of benzene rings is 1. The maximum atomic E-state index is 14.4. The number of nitriles is 1. The van der Waals surface area contributed by atoms with E-state index in [-0.39, 0.29) is 17.1 Å². The third kappa shape index (κ3) is 2.85. The number of ether oxygens (including phenoxy) is 1. The Balaban J connectivity index is 2.15. The van der Waals surface area contributed by atoms with Crippen LogP contribution in [0.4, 0.5) is 10.3 Å². The summed E-state index contributed by atoms with van der Waals surface area (Å²) < 4.78 is 19.5. The molecule has 0 unspecified atom stereocenters. The summed E-state index contributed by atoms with van der Waals surface area (Å²) in [4.78, 5) is 12.3. The molecule has 0 aliphatic carbocycles. The molecule has 0 aliphatic rings. The third-order valence-corrected chi connectivity index (χ3v) is 3.38. The van der Waals surface area contributed by atoms with Crippen LogP contribution in [0.25, 0.3) is 22.5 Å². The molecular formula is C17H12FN5O. The zero-order valence-corrected chi connectivity index (χ0v) is 12.7. The van der Waals surface area contributed by atoms with E-state index in [9.17, 15) is 4.39 Å². The SMILES string of the molecule is COc1cc(-c2cc(-c3cccc(C#N)c3F)nc(N)n2)ccn1. The lowest BCUT2D eigenvalue weighted by Gasteiger charge is -2.08. The van der Waals surface area contributed by atoms with Gasteiger partial charge in [0.25, 0.3) is 0 Å². The van der Waals surface area contributed by atoms with E-state index in [2.05, 4.69) is 15.0 Å². The van der Waals surface area contributed by atoms with Crippen LogP contribution in [-0.2, 0) is 0 Å². The summed E-state index contributed by atoms with van der Waals surface area (Å²) >= 11 is 0. The summed E-state index contributed by atoms with van der Waals surface area (Å²) in [5, 5.41) is 8.97. The summed E-state index contributed by atoms with van der Waals surface area (Å²) in [6, 6.07) is 11.4. The molecule has 2 heterocycles. The predicted octanol–water partition coefficient (Wildman–Crippen LogP) is 2.81. The molecule has 0 saturated carbocycles. The summed E-state index contributed by atoms with van der Waals surface area (Å²) in [6.45, 7) is 0. The molecule has 2 N–H and O–H groups in total. The minimum Gasteiger partial charge on any atom is -0.481 e. The Kier molecular flexibility index (Phi) is 4.03. The van der Waals surface area contributed by atoms with Gasteiger partial charge in [0, 0.05) is 23.4 Å². The van der Waals surface area contributed by atoms with Crippen molar-refractivity contribution in [2.45, 2.75) is 0 Å². The van der Waals surface area contributed by atoms with Crippen molar-refractivity contribution >= 4 is 5.95 Å². The topological polar surface area (TPSA) is 97.7 Å². The highest BCUT2D eigenvalue weighted by atomic mass is 19.1. The number of methoxy groups -OCH3 is 1. The fourth-order valence-electron chi connectivity index (χ4n) is 2.25. The number of rotatable bonds is 3. The first kappa shape index (κ1) is 15.4. The molecule has 0 aliphatic heterocycles. The molecule has 2 aromatic heterocycles. The third-order valence-electron chi connectivity index (χ3n) is 3.38. The van der Waals surface area contributed by atoms with Crippen molar-refractivity contribution in [1.82, 2.24) is 15.0 Å². The molecule has 0 atom stereocenters. The van der Waals surface area contributed by atoms with Gasteiger partial charge in [0.2, 0.25) is 11.8 Å². The fourth-order valence-corrected chi connectivity index (χ4v) is 2.25. The van der Waals surface area contributed by atoms with Crippen LogP contribution in [0.5, 0.6) is 5.88 Å². The van der Waals surface area contributed by atoms with Gasteiger partial charge in [-0.15, -0.1) is 0 Å². The smallest absolute Gasteiger partial charge is 0.221 e. The van der Waals surface area contributed by atoms with Gasteiger partial charge in [-0.1, -0.05) is 6.07 Å². The van der Waals surface area contributed by atoms with Gasteiger partial charge in [-0.3, -0.25) is 0 Å². The molecule has 118 valence electrons. The second-order valence-corrected chi connectivity index (χ2v) is 4.86. The number of nitrogen functional groups attached to an aromatic ring is 1. The zero-order valence-electron chi connectivity index (χ0n) is 12.7. The molecular weight excluding hydrogens is 309 g/mol. The van der Waals surface area contributed by atoms with Gasteiger partial charge in [0.05, 0.1) is 24.1 Å². The predicted molar refractivity (Wildman–Crippen MR) is 86.3 cm³/mol. The van der Waals surface area contributed by atoms with Crippen molar-refractivity contribution in [3.05, 3.63) is 54.0 Å². The molecule has 1 aromatic carbocycles. The first-order valence-electron chi connectivity index (χ1n) is 6.96. The summed E-state index contributed by atoms with van der Waals surface area (Å²) in [6.07, 6.45) is 1.57. The Bertz CT molecular complexity index is 952. The largest absolute Gasteiger partial charge is 0.481 e. The standard InChI is InChI=1S/C17H12FN5O/c1-24-15-7-10(5-6-21-15)13-8-14(23-17(20)22-13)12-4-2-3-11(9-19)16(12)18/h2-8H,1H3,(H2,20,22,23). The van der Waals surface area contributed by atoms with Crippen LogP contribution in [0.1, 0.15) is 5.56 Å². The first-order chi connectivity index (χ1) is 11.6. The summed E-state index contributed by atoms with van der Waals surface area (Å²) in [5.41, 5.74) is 7.39. The van der Waals surface area contributed by atoms with Gasteiger partial charge < -0.3 is 10.5 Å². The van der Waals surface area contributed by atoms with Crippen LogP contribution in [0.3, 0.4) is 0 Å². The number of nitrogens with zero attached hydrogens (tertiary/aromatic N) is 4. The molecule has 0 spiro atoms. The van der Waals surface area contributed by atoms with Crippen molar-refractivity contribution in [1.29, 1.82) is 5.26 Å². The van der Waals surface area contributed by atoms with Gasteiger partial charge in [-0.2, -0.15) is 5.26 Å². The number of anilines is 1. The van der Waals surface area contributed by atoms with E-state index in [1.165, 1.54) is 19.2 Å². The Morgan fingerprint density at radius 1 is 1.17 bits per heavy atom. The number of hydrogen-bond donors (Lipinski definition) is 1.